The summed E-state index contributed by atoms with van der Waals surface area (Å²) in [5.74, 6) is -0.325. The highest BCUT2D eigenvalue weighted by atomic mass is 19.3. The Hall–Kier alpha value is -2.33. The second-order valence-corrected chi connectivity index (χ2v) is 9.45. The number of carbonyl (C=O) groups is 1. The Balaban J connectivity index is 1.28. The van der Waals surface area contributed by atoms with Crippen LogP contribution in [0.2, 0.25) is 0 Å². The van der Waals surface area contributed by atoms with E-state index in [1.807, 2.05) is 20.8 Å². The van der Waals surface area contributed by atoms with E-state index in [1.54, 1.807) is 0 Å². The van der Waals surface area contributed by atoms with Gasteiger partial charge in [-0.25, -0.2) is 9.37 Å². The molecule has 2 aliphatic rings. The summed E-state index contributed by atoms with van der Waals surface area (Å²) in [7, 11) is 0. The maximum atomic E-state index is 14.1. The Morgan fingerprint density at radius 2 is 1.93 bits per heavy atom. The SMILES string of the molecule is CC(C)(C)NC(=O)CN1CC2(C1)CN(Cc1nc3c(F)cc(OC(F)F)cc3[nH]1)C2. The monoisotopic (exact) mass is 425 g/mol. The number of H-pyrrole nitrogens is 1. The van der Waals surface area contributed by atoms with Gasteiger partial charge >= 0.3 is 6.61 Å². The largest absolute Gasteiger partial charge is 0.435 e. The van der Waals surface area contributed by atoms with Crippen LogP contribution >= 0.6 is 0 Å². The van der Waals surface area contributed by atoms with Gasteiger partial charge < -0.3 is 15.0 Å². The fourth-order valence-corrected chi connectivity index (χ4v) is 4.45. The molecule has 0 saturated carbocycles. The summed E-state index contributed by atoms with van der Waals surface area (Å²) < 4.78 is 43.1. The number of fused-ring (bicyclic) bond motifs is 1. The highest BCUT2D eigenvalue weighted by Gasteiger charge is 2.51. The van der Waals surface area contributed by atoms with Gasteiger partial charge in [0.25, 0.3) is 0 Å². The van der Waals surface area contributed by atoms with Gasteiger partial charge in [0.2, 0.25) is 5.91 Å². The van der Waals surface area contributed by atoms with Crippen LogP contribution in [0.4, 0.5) is 13.2 Å². The number of halogens is 3. The van der Waals surface area contributed by atoms with Crippen LogP contribution in [0.25, 0.3) is 11.0 Å². The maximum Gasteiger partial charge on any atom is 0.387 e. The highest BCUT2D eigenvalue weighted by molar-refractivity contribution is 5.79. The van der Waals surface area contributed by atoms with E-state index < -0.39 is 12.4 Å². The molecule has 0 atom stereocenters. The number of ether oxygens (including phenoxy) is 1. The minimum Gasteiger partial charge on any atom is -0.435 e. The predicted octanol–water partition coefficient (Wildman–Crippen LogP) is 2.34. The third kappa shape index (κ3) is 4.54. The number of hydrogen-bond donors (Lipinski definition) is 2. The molecular weight excluding hydrogens is 399 g/mol. The first kappa shape index (κ1) is 20.9. The van der Waals surface area contributed by atoms with Crippen LogP contribution in [0.1, 0.15) is 26.6 Å². The van der Waals surface area contributed by atoms with Crippen molar-refractivity contribution >= 4 is 16.9 Å². The third-order valence-corrected chi connectivity index (χ3v) is 5.28. The van der Waals surface area contributed by atoms with E-state index in [0.29, 0.717) is 24.4 Å². The molecule has 2 aromatic rings. The summed E-state index contributed by atoms with van der Waals surface area (Å²) in [4.78, 5) is 23.6. The van der Waals surface area contributed by atoms with E-state index in [4.69, 9.17) is 0 Å². The minimum atomic E-state index is -3.01. The zero-order valence-corrected chi connectivity index (χ0v) is 17.3. The second kappa shape index (κ2) is 7.42. The fraction of sp³-hybridized carbons (Fsp3) is 0.600. The Kier molecular flexibility index (Phi) is 5.17. The molecule has 0 radical (unpaired) electrons. The van der Waals surface area contributed by atoms with E-state index in [0.717, 1.165) is 32.2 Å². The van der Waals surface area contributed by atoms with Crippen LogP contribution in [0.5, 0.6) is 5.75 Å². The van der Waals surface area contributed by atoms with Crippen LogP contribution in [-0.4, -0.2) is 70.5 Å². The summed E-state index contributed by atoms with van der Waals surface area (Å²) in [6.45, 7) is 7.31. The summed E-state index contributed by atoms with van der Waals surface area (Å²) in [5.41, 5.74) is 0.417. The molecule has 2 saturated heterocycles. The van der Waals surface area contributed by atoms with E-state index >= 15 is 0 Å². The number of benzene rings is 1. The third-order valence-electron chi connectivity index (χ3n) is 5.28. The molecule has 2 aliphatic heterocycles. The number of alkyl halides is 2. The number of nitrogens with one attached hydrogen (secondary N) is 2. The molecule has 0 unspecified atom stereocenters. The standard InChI is InChI=1S/C20H26F3N5O2/c1-19(2,3)26-16(29)7-28-10-20(11-28)8-27(9-20)6-15-24-14-5-12(30-18(22)23)4-13(21)17(14)25-15/h4-5,18H,6-11H2,1-3H3,(H,24,25)(H,26,29). The summed E-state index contributed by atoms with van der Waals surface area (Å²) in [6, 6.07) is 2.24. The molecule has 164 valence electrons. The van der Waals surface area contributed by atoms with Crippen LogP contribution in [0, 0.1) is 11.2 Å². The number of aromatic nitrogens is 2. The Labute approximate surface area is 172 Å². The van der Waals surface area contributed by atoms with E-state index in [-0.39, 0.29) is 28.1 Å². The van der Waals surface area contributed by atoms with Crippen LogP contribution < -0.4 is 10.1 Å². The van der Waals surface area contributed by atoms with Gasteiger partial charge in [0, 0.05) is 49.3 Å². The lowest BCUT2D eigenvalue weighted by Crippen LogP contribution is -2.72. The molecule has 1 amide bonds. The minimum absolute atomic E-state index is 0.0352. The average molecular weight is 425 g/mol. The number of carbonyl (C=O) groups excluding carboxylic acids is 1. The van der Waals surface area contributed by atoms with Crippen molar-refractivity contribution in [3.05, 3.63) is 23.8 Å². The molecule has 4 rings (SSSR count). The lowest BCUT2D eigenvalue weighted by Gasteiger charge is -2.60. The lowest BCUT2D eigenvalue weighted by molar-refractivity contribution is -0.139. The Bertz CT molecular complexity index is 942. The molecule has 0 aliphatic carbocycles. The van der Waals surface area contributed by atoms with Gasteiger partial charge in [-0.1, -0.05) is 0 Å². The van der Waals surface area contributed by atoms with Crippen molar-refractivity contribution in [1.82, 2.24) is 25.1 Å². The summed E-state index contributed by atoms with van der Waals surface area (Å²) in [6.07, 6.45) is 0. The van der Waals surface area contributed by atoms with E-state index in [9.17, 15) is 18.0 Å². The molecule has 30 heavy (non-hydrogen) atoms. The summed E-state index contributed by atoms with van der Waals surface area (Å²) >= 11 is 0. The fourth-order valence-electron chi connectivity index (χ4n) is 4.45. The topological polar surface area (TPSA) is 73.5 Å². The van der Waals surface area contributed by atoms with Gasteiger partial charge in [0.15, 0.2) is 5.82 Å². The van der Waals surface area contributed by atoms with Crippen molar-refractivity contribution in [3.8, 4) is 5.75 Å². The molecule has 2 N–H and O–H groups in total. The summed E-state index contributed by atoms with van der Waals surface area (Å²) in [5, 5.41) is 2.97. The van der Waals surface area contributed by atoms with Crippen LogP contribution in [0.3, 0.4) is 0 Å². The zero-order chi connectivity index (χ0) is 21.7. The van der Waals surface area contributed by atoms with Crippen molar-refractivity contribution in [2.24, 2.45) is 5.41 Å². The first-order valence-electron chi connectivity index (χ1n) is 9.89. The van der Waals surface area contributed by atoms with Crippen molar-refractivity contribution in [3.63, 3.8) is 0 Å². The number of aromatic amines is 1. The first-order valence-corrected chi connectivity index (χ1v) is 9.89. The van der Waals surface area contributed by atoms with E-state index in [2.05, 4.69) is 29.8 Å². The Morgan fingerprint density at radius 1 is 1.27 bits per heavy atom. The molecule has 10 heteroatoms. The molecule has 1 spiro atoms. The normalized spacial score (nSPS) is 19.2. The van der Waals surface area contributed by atoms with Crippen LogP contribution in [-0.2, 0) is 11.3 Å². The zero-order valence-electron chi connectivity index (χ0n) is 17.3. The van der Waals surface area contributed by atoms with Crippen molar-refractivity contribution < 1.29 is 22.7 Å². The lowest BCUT2D eigenvalue weighted by atomic mass is 9.73. The molecule has 7 nitrogen and oxygen atoms in total. The number of rotatable bonds is 6. The van der Waals surface area contributed by atoms with Crippen molar-refractivity contribution in [2.75, 3.05) is 32.7 Å². The number of hydrogen-bond acceptors (Lipinski definition) is 5. The molecule has 1 aromatic carbocycles. The quantitative estimate of drug-likeness (QED) is 0.743. The number of likely N-dealkylation sites (tertiary alicyclic amines) is 2. The number of amides is 1. The second-order valence-electron chi connectivity index (χ2n) is 9.45. The van der Waals surface area contributed by atoms with Crippen molar-refractivity contribution in [2.45, 2.75) is 39.5 Å². The number of nitrogens with zero attached hydrogens (tertiary/aromatic N) is 3. The highest BCUT2D eigenvalue weighted by Crippen LogP contribution is 2.40. The Morgan fingerprint density at radius 3 is 2.57 bits per heavy atom. The molecule has 0 bridgehead atoms. The van der Waals surface area contributed by atoms with Crippen molar-refractivity contribution in [1.29, 1.82) is 0 Å². The van der Waals surface area contributed by atoms with Gasteiger partial charge in [0.1, 0.15) is 17.1 Å². The van der Waals surface area contributed by atoms with Gasteiger partial charge in [-0.3, -0.25) is 14.6 Å². The molecule has 1 aromatic heterocycles. The molecular formula is C20H26F3N5O2. The van der Waals surface area contributed by atoms with Gasteiger partial charge in [-0.05, 0) is 20.8 Å². The van der Waals surface area contributed by atoms with Gasteiger partial charge in [-0.2, -0.15) is 8.78 Å². The smallest absolute Gasteiger partial charge is 0.387 e. The maximum absolute atomic E-state index is 14.1. The molecule has 3 heterocycles. The first-order chi connectivity index (χ1) is 14.0. The number of imidazole rings is 1. The van der Waals surface area contributed by atoms with Gasteiger partial charge in [-0.15, -0.1) is 0 Å². The average Bonchev–Trinajstić information content (AvgIpc) is 2.91. The van der Waals surface area contributed by atoms with E-state index in [1.165, 1.54) is 6.07 Å². The van der Waals surface area contributed by atoms with Crippen LogP contribution in [0.15, 0.2) is 12.1 Å². The predicted molar refractivity (Wildman–Crippen MR) is 105 cm³/mol. The molecule has 2 fully saturated rings. The van der Waals surface area contributed by atoms with Gasteiger partial charge in [0.05, 0.1) is 18.6 Å².